The van der Waals surface area contributed by atoms with Gasteiger partial charge in [-0.3, -0.25) is 4.79 Å². The van der Waals surface area contributed by atoms with E-state index >= 15 is 0 Å². The smallest absolute Gasteiger partial charge is 0.256 e. The fourth-order valence-electron chi connectivity index (χ4n) is 1.88. The third-order valence-electron chi connectivity index (χ3n) is 2.66. The fraction of sp³-hybridized carbons (Fsp3) is 0. The first-order valence-electron chi connectivity index (χ1n) is 5.21. The normalized spacial score (nSPS) is 15.9. The van der Waals surface area contributed by atoms with Gasteiger partial charge in [-0.1, -0.05) is 22.0 Å². The molecule has 0 aliphatic carbocycles. The van der Waals surface area contributed by atoms with Gasteiger partial charge in [-0.15, -0.1) is 11.3 Å². The fourth-order valence-corrected chi connectivity index (χ4v) is 3.86. The number of nitrogens with one attached hydrogen (secondary N) is 1. The monoisotopic (exact) mass is 383 g/mol. The van der Waals surface area contributed by atoms with Crippen molar-refractivity contribution in [1.82, 2.24) is 0 Å². The van der Waals surface area contributed by atoms with Crippen molar-refractivity contribution < 1.29 is 4.79 Å². The van der Waals surface area contributed by atoms with Crippen molar-refractivity contribution in [2.24, 2.45) is 0 Å². The van der Waals surface area contributed by atoms with E-state index in [1.54, 1.807) is 11.3 Å². The van der Waals surface area contributed by atoms with Gasteiger partial charge in [0.1, 0.15) is 0 Å². The Balaban J connectivity index is 2.18. The lowest BCUT2D eigenvalue weighted by atomic mass is 10.1. The standard InChI is InChI=1S/C13H7Br2NOS/c14-7-4-9-10(6-8-2-1-3-18-8)13(17)16-12(9)11(15)5-7/h1-6H,(H,16,17). The quantitative estimate of drug-likeness (QED) is 0.705. The predicted octanol–water partition coefficient (Wildman–Crippen LogP) is 4.77. The molecule has 1 aromatic carbocycles. The summed E-state index contributed by atoms with van der Waals surface area (Å²) in [4.78, 5) is 13.1. The van der Waals surface area contributed by atoms with E-state index in [1.807, 2.05) is 35.7 Å². The summed E-state index contributed by atoms with van der Waals surface area (Å²) in [5.74, 6) is -0.0581. The van der Waals surface area contributed by atoms with Crippen molar-refractivity contribution >= 4 is 66.4 Å². The van der Waals surface area contributed by atoms with E-state index in [4.69, 9.17) is 0 Å². The van der Waals surface area contributed by atoms with Crippen molar-refractivity contribution in [2.75, 3.05) is 5.32 Å². The Labute approximate surface area is 125 Å². The number of hydrogen-bond donors (Lipinski definition) is 1. The second-order valence-electron chi connectivity index (χ2n) is 3.84. The van der Waals surface area contributed by atoms with Crippen LogP contribution in [-0.4, -0.2) is 5.91 Å². The molecule has 0 fully saturated rings. The Morgan fingerprint density at radius 2 is 2.11 bits per heavy atom. The molecule has 2 nitrogen and oxygen atoms in total. The Morgan fingerprint density at radius 1 is 1.28 bits per heavy atom. The number of rotatable bonds is 1. The molecule has 0 unspecified atom stereocenters. The van der Waals surface area contributed by atoms with Crippen LogP contribution in [-0.2, 0) is 4.79 Å². The molecule has 90 valence electrons. The van der Waals surface area contributed by atoms with Gasteiger partial charge >= 0.3 is 0 Å². The molecule has 1 aliphatic rings. The van der Waals surface area contributed by atoms with E-state index in [2.05, 4.69) is 37.2 Å². The van der Waals surface area contributed by atoms with E-state index < -0.39 is 0 Å². The van der Waals surface area contributed by atoms with Gasteiger partial charge in [0.15, 0.2) is 0 Å². The molecule has 0 atom stereocenters. The number of amides is 1. The van der Waals surface area contributed by atoms with Crippen molar-refractivity contribution in [2.45, 2.75) is 0 Å². The number of hydrogen-bond acceptors (Lipinski definition) is 2. The molecule has 0 spiro atoms. The average Bonchev–Trinajstić information content (AvgIpc) is 2.91. The van der Waals surface area contributed by atoms with Crippen LogP contribution >= 0.6 is 43.2 Å². The van der Waals surface area contributed by atoms with E-state index in [-0.39, 0.29) is 5.91 Å². The topological polar surface area (TPSA) is 29.1 Å². The summed E-state index contributed by atoms with van der Waals surface area (Å²) in [5, 5.41) is 4.88. The van der Waals surface area contributed by atoms with Crippen molar-refractivity contribution in [3.8, 4) is 0 Å². The van der Waals surface area contributed by atoms with Crippen LogP contribution in [0, 0.1) is 0 Å². The lowest BCUT2D eigenvalue weighted by molar-refractivity contribution is -0.110. The van der Waals surface area contributed by atoms with Gasteiger partial charge in [0, 0.05) is 19.4 Å². The summed E-state index contributed by atoms with van der Waals surface area (Å²) in [7, 11) is 0. The maximum Gasteiger partial charge on any atom is 0.256 e. The van der Waals surface area contributed by atoms with Crippen LogP contribution in [0.3, 0.4) is 0 Å². The second-order valence-corrected chi connectivity index (χ2v) is 6.59. The number of benzene rings is 1. The molecule has 2 aromatic rings. The van der Waals surface area contributed by atoms with Gasteiger partial charge < -0.3 is 5.32 Å². The van der Waals surface area contributed by atoms with E-state index in [9.17, 15) is 4.79 Å². The minimum Gasteiger partial charge on any atom is -0.320 e. The first-order chi connectivity index (χ1) is 8.65. The Bertz CT molecular complexity index is 662. The zero-order valence-corrected chi connectivity index (χ0v) is 13.0. The minimum atomic E-state index is -0.0581. The molecule has 18 heavy (non-hydrogen) atoms. The van der Waals surface area contributed by atoms with Gasteiger partial charge in [0.25, 0.3) is 5.91 Å². The van der Waals surface area contributed by atoms with Gasteiger partial charge in [-0.2, -0.15) is 0 Å². The number of carbonyl (C=O) groups is 1. The lowest BCUT2D eigenvalue weighted by Gasteiger charge is -2.02. The molecule has 1 N–H and O–H groups in total. The number of fused-ring (bicyclic) bond motifs is 1. The van der Waals surface area contributed by atoms with Crippen LogP contribution in [0.25, 0.3) is 11.6 Å². The predicted molar refractivity (Wildman–Crippen MR) is 82.7 cm³/mol. The summed E-state index contributed by atoms with van der Waals surface area (Å²) in [6, 6.07) is 7.85. The minimum absolute atomic E-state index is 0.0581. The highest BCUT2D eigenvalue weighted by molar-refractivity contribution is 9.11. The molecule has 5 heteroatoms. The molecule has 2 heterocycles. The number of halogens is 2. The van der Waals surface area contributed by atoms with Crippen molar-refractivity contribution in [1.29, 1.82) is 0 Å². The highest BCUT2D eigenvalue weighted by atomic mass is 79.9. The van der Waals surface area contributed by atoms with Crippen LogP contribution in [0.1, 0.15) is 10.4 Å². The third kappa shape index (κ3) is 2.06. The van der Waals surface area contributed by atoms with E-state index in [0.717, 1.165) is 25.1 Å². The van der Waals surface area contributed by atoms with Crippen LogP contribution in [0.4, 0.5) is 5.69 Å². The molecular weight excluding hydrogens is 378 g/mol. The highest BCUT2D eigenvalue weighted by Gasteiger charge is 2.26. The van der Waals surface area contributed by atoms with Gasteiger partial charge in [-0.25, -0.2) is 0 Å². The van der Waals surface area contributed by atoms with Gasteiger partial charge in [-0.05, 0) is 45.6 Å². The Kier molecular flexibility index (Phi) is 3.13. The summed E-state index contributed by atoms with van der Waals surface area (Å²) in [5.41, 5.74) is 2.47. The molecule has 1 amide bonds. The summed E-state index contributed by atoms with van der Waals surface area (Å²) >= 11 is 8.52. The summed E-state index contributed by atoms with van der Waals surface area (Å²) < 4.78 is 1.83. The number of anilines is 1. The number of carbonyl (C=O) groups excluding carboxylic acids is 1. The summed E-state index contributed by atoms with van der Waals surface area (Å²) in [6.45, 7) is 0. The maximum atomic E-state index is 12.0. The van der Waals surface area contributed by atoms with Crippen LogP contribution in [0.15, 0.2) is 38.6 Å². The van der Waals surface area contributed by atoms with Crippen molar-refractivity contribution in [3.05, 3.63) is 49.0 Å². The Morgan fingerprint density at radius 3 is 2.83 bits per heavy atom. The molecule has 0 saturated carbocycles. The summed E-state index contributed by atoms with van der Waals surface area (Å²) in [6.07, 6.45) is 1.92. The molecule has 1 aliphatic heterocycles. The number of thiophene rings is 1. The molecular formula is C13H7Br2NOS. The lowest BCUT2D eigenvalue weighted by Crippen LogP contribution is -2.03. The van der Waals surface area contributed by atoms with Crippen LogP contribution in [0.5, 0.6) is 0 Å². The zero-order chi connectivity index (χ0) is 12.7. The SMILES string of the molecule is O=C1Nc2c(Br)cc(Br)cc2C1=Cc1cccs1. The van der Waals surface area contributed by atoms with E-state index in [1.165, 1.54) is 0 Å². The van der Waals surface area contributed by atoms with E-state index in [0.29, 0.717) is 5.57 Å². The largest absolute Gasteiger partial charge is 0.320 e. The second kappa shape index (κ2) is 4.64. The average molecular weight is 385 g/mol. The van der Waals surface area contributed by atoms with Crippen molar-refractivity contribution in [3.63, 3.8) is 0 Å². The zero-order valence-electron chi connectivity index (χ0n) is 9.04. The third-order valence-corrected chi connectivity index (χ3v) is 4.56. The van der Waals surface area contributed by atoms with Gasteiger partial charge in [0.05, 0.1) is 11.3 Å². The maximum absolute atomic E-state index is 12.0. The molecule has 3 rings (SSSR count). The first-order valence-corrected chi connectivity index (χ1v) is 7.67. The molecule has 0 bridgehead atoms. The molecule has 1 aromatic heterocycles. The van der Waals surface area contributed by atoms with Crippen LogP contribution in [0.2, 0.25) is 0 Å². The van der Waals surface area contributed by atoms with Gasteiger partial charge in [0.2, 0.25) is 0 Å². The molecule has 0 radical (unpaired) electrons. The molecule has 0 saturated heterocycles. The highest BCUT2D eigenvalue weighted by Crippen LogP contribution is 2.40. The first kappa shape index (κ1) is 12.1. The van der Waals surface area contributed by atoms with Crippen LogP contribution < -0.4 is 5.32 Å². The Hall–Kier alpha value is -0.910.